The molecule has 8 heteroatoms. The summed E-state index contributed by atoms with van der Waals surface area (Å²) in [7, 11) is 0. The normalized spacial score (nSPS) is 19.7. The van der Waals surface area contributed by atoms with E-state index in [-0.39, 0.29) is 28.9 Å². The molecule has 1 N–H and O–H groups in total. The number of rotatable bonds is 7. The van der Waals surface area contributed by atoms with Gasteiger partial charge < -0.3 is 14.7 Å². The topological polar surface area (TPSA) is 70.1 Å². The number of ether oxygens (including phenoxy) is 1. The SMILES string of the molecule is O=C(C1=C(c2ccccc2F)N(CCCN2CCOCC2)C(=O)C1O)c1ccc(Cl)cc1. The molecule has 1 saturated heterocycles. The van der Waals surface area contributed by atoms with E-state index in [0.29, 0.717) is 24.7 Å². The highest BCUT2D eigenvalue weighted by Crippen LogP contribution is 2.36. The molecule has 6 nitrogen and oxygen atoms in total. The van der Waals surface area contributed by atoms with Gasteiger partial charge >= 0.3 is 0 Å². The molecular weight excluding hydrogens is 435 g/mol. The number of aliphatic hydroxyl groups is 1. The molecule has 1 fully saturated rings. The number of ketones is 1. The summed E-state index contributed by atoms with van der Waals surface area (Å²) in [5.41, 5.74) is 0.387. The molecule has 1 unspecified atom stereocenters. The van der Waals surface area contributed by atoms with E-state index in [1.807, 2.05) is 0 Å². The molecule has 2 aromatic carbocycles. The fourth-order valence-corrected chi connectivity index (χ4v) is 4.21. The fraction of sp³-hybridized carbons (Fsp3) is 0.333. The van der Waals surface area contributed by atoms with Crippen LogP contribution in [0.3, 0.4) is 0 Å². The third-order valence-corrected chi connectivity index (χ3v) is 5.99. The fourth-order valence-electron chi connectivity index (χ4n) is 4.09. The predicted octanol–water partition coefficient (Wildman–Crippen LogP) is 3.00. The number of halogens is 2. The number of carbonyl (C=O) groups excluding carboxylic acids is 2. The van der Waals surface area contributed by atoms with E-state index in [1.54, 1.807) is 18.2 Å². The predicted molar refractivity (Wildman–Crippen MR) is 119 cm³/mol. The van der Waals surface area contributed by atoms with Gasteiger partial charge in [-0.3, -0.25) is 14.5 Å². The molecule has 2 aliphatic rings. The third-order valence-electron chi connectivity index (χ3n) is 5.74. The number of morpholine rings is 1. The van der Waals surface area contributed by atoms with E-state index in [9.17, 15) is 19.1 Å². The Morgan fingerprint density at radius 3 is 2.47 bits per heavy atom. The molecule has 0 radical (unpaired) electrons. The van der Waals surface area contributed by atoms with Gasteiger partial charge in [-0.15, -0.1) is 0 Å². The number of amides is 1. The number of Topliss-reactive ketones (excluding diaryl/α,β-unsaturated/α-hetero) is 1. The van der Waals surface area contributed by atoms with E-state index >= 15 is 0 Å². The standard InChI is InChI=1S/C24H24ClFN2O4/c25-17-8-6-16(7-9-17)22(29)20-21(18-4-1-2-5-19(18)26)28(24(31)23(20)30)11-3-10-27-12-14-32-15-13-27/h1-2,4-9,23,30H,3,10-15H2. The number of aliphatic hydroxyl groups excluding tert-OH is 1. The van der Waals surface area contributed by atoms with E-state index in [1.165, 1.54) is 35.2 Å². The second-order valence-electron chi connectivity index (χ2n) is 7.78. The molecule has 0 saturated carbocycles. The van der Waals surface area contributed by atoms with Gasteiger partial charge in [0.25, 0.3) is 5.91 Å². The molecule has 2 aromatic rings. The number of hydrogen-bond acceptors (Lipinski definition) is 5. The summed E-state index contributed by atoms with van der Waals surface area (Å²) in [5.74, 6) is -1.72. The van der Waals surface area contributed by atoms with Gasteiger partial charge in [-0.25, -0.2) is 4.39 Å². The van der Waals surface area contributed by atoms with E-state index in [2.05, 4.69) is 4.90 Å². The van der Waals surface area contributed by atoms with Crippen LogP contribution in [0, 0.1) is 5.82 Å². The Bertz CT molecular complexity index is 1030. The minimum absolute atomic E-state index is 0.112. The van der Waals surface area contributed by atoms with E-state index in [4.69, 9.17) is 16.3 Å². The third kappa shape index (κ3) is 4.61. The van der Waals surface area contributed by atoms with Crippen LogP contribution in [0.1, 0.15) is 22.3 Å². The summed E-state index contributed by atoms with van der Waals surface area (Å²) in [4.78, 5) is 29.8. The first-order valence-corrected chi connectivity index (χ1v) is 10.9. The second kappa shape index (κ2) is 9.92. The number of benzene rings is 2. The molecule has 1 amide bonds. The summed E-state index contributed by atoms with van der Waals surface area (Å²) in [5, 5.41) is 11.2. The smallest absolute Gasteiger partial charge is 0.260 e. The summed E-state index contributed by atoms with van der Waals surface area (Å²) in [6.07, 6.45) is -1.05. The summed E-state index contributed by atoms with van der Waals surface area (Å²) >= 11 is 5.92. The van der Waals surface area contributed by atoms with Crippen LogP contribution in [-0.4, -0.2) is 72.1 Å². The van der Waals surface area contributed by atoms with Crippen LogP contribution in [-0.2, 0) is 9.53 Å². The van der Waals surface area contributed by atoms with Crippen molar-refractivity contribution in [3.8, 4) is 0 Å². The van der Waals surface area contributed by atoms with Gasteiger partial charge in [-0.2, -0.15) is 0 Å². The van der Waals surface area contributed by atoms with Gasteiger partial charge in [0.1, 0.15) is 5.82 Å². The van der Waals surface area contributed by atoms with E-state index < -0.39 is 23.6 Å². The highest BCUT2D eigenvalue weighted by atomic mass is 35.5. The van der Waals surface area contributed by atoms with Gasteiger partial charge in [0.2, 0.25) is 0 Å². The first-order valence-electron chi connectivity index (χ1n) is 10.6. The van der Waals surface area contributed by atoms with Gasteiger partial charge in [0.15, 0.2) is 11.9 Å². The minimum Gasteiger partial charge on any atom is -0.379 e. The van der Waals surface area contributed by atoms with Crippen LogP contribution in [0.25, 0.3) is 5.70 Å². The van der Waals surface area contributed by atoms with E-state index in [0.717, 1.165) is 19.6 Å². The van der Waals surface area contributed by atoms with Crippen LogP contribution in [0.2, 0.25) is 5.02 Å². The van der Waals surface area contributed by atoms with Crippen molar-refractivity contribution in [3.05, 3.63) is 76.1 Å². The molecule has 4 rings (SSSR count). The quantitative estimate of drug-likeness (QED) is 0.646. The van der Waals surface area contributed by atoms with Crippen molar-refractivity contribution in [1.82, 2.24) is 9.80 Å². The summed E-state index contributed by atoms with van der Waals surface area (Å²) in [6.45, 7) is 3.95. The van der Waals surface area contributed by atoms with Crippen molar-refractivity contribution >= 4 is 29.0 Å². The molecule has 1 atom stereocenters. The lowest BCUT2D eigenvalue weighted by Gasteiger charge is -2.28. The highest BCUT2D eigenvalue weighted by molar-refractivity contribution is 6.30. The maximum absolute atomic E-state index is 14.8. The van der Waals surface area contributed by atoms with Crippen molar-refractivity contribution in [2.45, 2.75) is 12.5 Å². The van der Waals surface area contributed by atoms with Gasteiger partial charge in [0, 0.05) is 42.3 Å². The zero-order valence-corrected chi connectivity index (χ0v) is 18.2. The molecule has 0 aliphatic carbocycles. The molecular formula is C24H24ClFN2O4. The number of hydrogen-bond donors (Lipinski definition) is 1. The first kappa shape index (κ1) is 22.6. The van der Waals surface area contributed by atoms with Gasteiger partial charge in [-0.05, 0) is 42.8 Å². The van der Waals surface area contributed by atoms with Crippen LogP contribution in [0.5, 0.6) is 0 Å². The Balaban J connectivity index is 1.68. The zero-order valence-electron chi connectivity index (χ0n) is 17.5. The first-order chi connectivity index (χ1) is 15.5. The maximum atomic E-state index is 14.8. The average molecular weight is 459 g/mol. The molecule has 168 valence electrons. The Morgan fingerprint density at radius 1 is 1.09 bits per heavy atom. The molecule has 0 aromatic heterocycles. The van der Waals surface area contributed by atoms with Crippen LogP contribution in [0.4, 0.5) is 4.39 Å². The van der Waals surface area contributed by atoms with Crippen molar-refractivity contribution in [3.63, 3.8) is 0 Å². The van der Waals surface area contributed by atoms with Crippen molar-refractivity contribution in [2.24, 2.45) is 0 Å². The molecule has 0 bridgehead atoms. The maximum Gasteiger partial charge on any atom is 0.260 e. The van der Waals surface area contributed by atoms with Crippen LogP contribution in [0.15, 0.2) is 54.1 Å². The van der Waals surface area contributed by atoms with Crippen LogP contribution >= 0.6 is 11.6 Å². The van der Waals surface area contributed by atoms with Gasteiger partial charge in [-0.1, -0.05) is 23.7 Å². The van der Waals surface area contributed by atoms with Crippen molar-refractivity contribution < 1.29 is 23.8 Å². The largest absolute Gasteiger partial charge is 0.379 e. The minimum atomic E-state index is -1.66. The monoisotopic (exact) mass is 458 g/mol. The Labute approximate surface area is 190 Å². The lowest BCUT2D eigenvalue weighted by molar-refractivity contribution is -0.133. The molecule has 2 aliphatic heterocycles. The Hall–Kier alpha value is -2.58. The lowest BCUT2D eigenvalue weighted by Crippen LogP contribution is -2.39. The van der Waals surface area contributed by atoms with Crippen molar-refractivity contribution in [1.29, 1.82) is 0 Å². The second-order valence-corrected chi connectivity index (χ2v) is 8.21. The number of carbonyl (C=O) groups is 2. The van der Waals surface area contributed by atoms with Crippen LogP contribution < -0.4 is 0 Å². The van der Waals surface area contributed by atoms with Crippen molar-refractivity contribution in [2.75, 3.05) is 39.4 Å². The summed E-state index contributed by atoms with van der Waals surface area (Å²) in [6, 6.07) is 12.1. The van der Waals surface area contributed by atoms with Gasteiger partial charge in [0.05, 0.1) is 24.5 Å². The lowest BCUT2D eigenvalue weighted by atomic mass is 9.96. The Morgan fingerprint density at radius 2 is 1.78 bits per heavy atom. The number of nitrogens with zero attached hydrogens (tertiary/aromatic N) is 2. The summed E-state index contributed by atoms with van der Waals surface area (Å²) < 4.78 is 20.1. The average Bonchev–Trinajstić information content (AvgIpc) is 3.05. The highest BCUT2D eigenvalue weighted by Gasteiger charge is 2.43. The Kier molecular flexibility index (Phi) is 7.01. The molecule has 0 spiro atoms. The zero-order chi connectivity index (χ0) is 22.7. The molecule has 32 heavy (non-hydrogen) atoms. The molecule has 2 heterocycles.